The first-order valence-corrected chi connectivity index (χ1v) is 3.67. The second-order valence-electron chi connectivity index (χ2n) is 2.18. The summed E-state index contributed by atoms with van der Waals surface area (Å²) in [6.45, 7) is 0.847. The van der Waals surface area contributed by atoms with Gasteiger partial charge in [0.05, 0.1) is 25.9 Å². The van der Waals surface area contributed by atoms with Crippen LogP contribution in [0.1, 0.15) is 6.42 Å². The highest BCUT2D eigenvalue weighted by atomic mass is 16.5. The van der Waals surface area contributed by atoms with Crippen molar-refractivity contribution < 1.29 is 19.7 Å². The highest BCUT2D eigenvalue weighted by molar-refractivity contribution is 4.54. The van der Waals surface area contributed by atoms with Gasteiger partial charge >= 0.3 is 0 Å². The Bertz CT molecular complexity index is 70.8. The van der Waals surface area contributed by atoms with E-state index in [4.69, 9.17) is 19.7 Å². The van der Waals surface area contributed by atoms with Gasteiger partial charge in [-0.3, -0.25) is 0 Å². The topological polar surface area (TPSA) is 58.9 Å². The van der Waals surface area contributed by atoms with Gasteiger partial charge in [-0.05, 0) is 6.42 Å². The second-order valence-corrected chi connectivity index (χ2v) is 2.18. The molecule has 0 aromatic rings. The van der Waals surface area contributed by atoms with Gasteiger partial charge in [0.2, 0.25) is 0 Å². The van der Waals surface area contributed by atoms with Crippen molar-refractivity contribution in [2.45, 2.75) is 12.5 Å². The molecule has 68 valence electrons. The van der Waals surface area contributed by atoms with Gasteiger partial charge in [-0.15, -0.1) is 0 Å². The summed E-state index contributed by atoms with van der Waals surface area (Å²) in [5.41, 5.74) is 0. The first-order chi connectivity index (χ1) is 5.35. The normalized spacial score (nSPS) is 13.4. The second kappa shape index (κ2) is 7.94. The van der Waals surface area contributed by atoms with Crippen molar-refractivity contribution in [3.8, 4) is 0 Å². The summed E-state index contributed by atoms with van der Waals surface area (Å²) < 4.78 is 9.97. The molecule has 0 aliphatic heterocycles. The molecule has 0 saturated heterocycles. The summed E-state index contributed by atoms with van der Waals surface area (Å²) in [6.07, 6.45) is 0.450. The average Bonchev–Trinajstić information content (AvgIpc) is 2.01. The molecule has 1 unspecified atom stereocenters. The van der Waals surface area contributed by atoms with E-state index in [1.54, 1.807) is 7.11 Å². The third kappa shape index (κ3) is 6.25. The van der Waals surface area contributed by atoms with Crippen molar-refractivity contribution in [3.05, 3.63) is 0 Å². The summed E-state index contributed by atoms with van der Waals surface area (Å²) in [4.78, 5) is 0. The number of aliphatic hydroxyl groups is 2. The van der Waals surface area contributed by atoms with E-state index in [1.165, 1.54) is 0 Å². The highest BCUT2D eigenvalue weighted by Crippen LogP contribution is 1.97. The molecule has 11 heavy (non-hydrogen) atoms. The zero-order valence-electron chi connectivity index (χ0n) is 6.82. The number of aliphatic hydroxyl groups excluding tert-OH is 2. The third-order valence-corrected chi connectivity index (χ3v) is 1.25. The molecule has 0 amide bonds. The van der Waals surface area contributed by atoms with Gasteiger partial charge in [0, 0.05) is 13.7 Å². The molecular formula is C7H16O4. The molecule has 0 fully saturated rings. The number of rotatable bonds is 7. The number of methoxy groups -OCH3 is 1. The van der Waals surface area contributed by atoms with E-state index >= 15 is 0 Å². The summed E-state index contributed by atoms with van der Waals surface area (Å²) in [6, 6.07) is 0. The summed E-state index contributed by atoms with van der Waals surface area (Å²) in [5.74, 6) is 0. The van der Waals surface area contributed by atoms with Crippen LogP contribution < -0.4 is 0 Å². The maximum atomic E-state index is 8.56. The smallest absolute Gasteiger partial charge is 0.0831 e. The lowest BCUT2D eigenvalue weighted by molar-refractivity contribution is -0.0259. The zero-order chi connectivity index (χ0) is 8.53. The van der Waals surface area contributed by atoms with E-state index in [0.717, 1.165) is 0 Å². The molecule has 4 nitrogen and oxygen atoms in total. The van der Waals surface area contributed by atoms with Crippen molar-refractivity contribution in [3.63, 3.8) is 0 Å². The van der Waals surface area contributed by atoms with Crippen molar-refractivity contribution in [1.82, 2.24) is 0 Å². The van der Waals surface area contributed by atoms with Crippen molar-refractivity contribution >= 4 is 0 Å². The fraction of sp³-hybridized carbons (Fsp3) is 1.00. The average molecular weight is 164 g/mol. The molecule has 0 spiro atoms. The van der Waals surface area contributed by atoms with Crippen molar-refractivity contribution in [2.75, 3.05) is 33.5 Å². The van der Waals surface area contributed by atoms with Crippen LogP contribution in [0.5, 0.6) is 0 Å². The Balaban J connectivity index is 3.34. The molecule has 0 heterocycles. The Kier molecular flexibility index (Phi) is 7.83. The molecule has 0 rings (SSSR count). The fourth-order valence-electron chi connectivity index (χ4n) is 0.764. The number of ether oxygens (including phenoxy) is 2. The van der Waals surface area contributed by atoms with E-state index in [0.29, 0.717) is 19.6 Å². The highest BCUT2D eigenvalue weighted by Gasteiger charge is 2.06. The van der Waals surface area contributed by atoms with Crippen molar-refractivity contribution in [1.29, 1.82) is 0 Å². The molecule has 0 aromatic carbocycles. The van der Waals surface area contributed by atoms with Gasteiger partial charge < -0.3 is 19.7 Å². The Morgan fingerprint density at radius 2 is 2.00 bits per heavy atom. The minimum atomic E-state index is -0.0999. The predicted octanol–water partition coefficient (Wildman–Crippen LogP) is -0.607. The van der Waals surface area contributed by atoms with Crippen LogP contribution in [-0.4, -0.2) is 49.9 Å². The first kappa shape index (κ1) is 10.8. The Morgan fingerprint density at radius 3 is 2.45 bits per heavy atom. The van der Waals surface area contributed by atoms with E-state index in [9.17, 15) is 0 Å². The Labute approximate surface area is 66.7 Å². The SMILES string of the molecule is COCC(CCO)OCCO. The van der Waals surface area contributed by atoms with E-state index < -0.39 is 0 Å². The molecule has 2 N–H and O–H groups in total. The molecular weight excluding hydrogens is 148 g/mol. The summed E-state index contributed by atoms with van der Waals surface area (Å²) in [7, 11) is 1.58. The molecule has 0 aliphatic carbocycles. The van der Waals surface area contributed by atoms with E-state index in [1.807, 2.05) is 0 Å². The van der Waals surface area contributed by atoms with Gasteiger partial charge in [-0.2, -0.15) is 0 Å². The molecule has 0 aliphatic rings. The van der Waals surface area contributed by atoms with Crippen molar-refractivity contribution in [2.24, 2.45) is 0 Å². The fourth-order valence-corrected chi connectivity index (χ4v) is 0.764. The van der Waals surface area contributed by atoms with E-state index in [-0.39, 0.29) is 19.3 Å². The molecule has 0 radical (unpaired) electrons. The molecule has 0 saturated carbocycles. The van der Waals surface area contributed by atoms with Crippen LogP contribution in [0.15, 0.2) is 0 Å². The van der Waals surface area contributed by atoms with Crippen LogP contribution in [0, 0.1) is 0 Å². The van der Waals surface area contributed by atoms with Gasteiger partial charge in [0.15, 0.2) is 0 Å². The number of hydrogen-bond acceptors (Lipinski definition) is 4. The maximum absolute atomic E-state index is 8.56. The zero-order valence-corrected chi connectivity index (χ0v) is 6.82. The van der Waals surface area contributed by atoms with Crippen LogP contribution in [0.25, 0.3) is 0 Å². The van der Waals surface area contributed by atoms with Gasteiger partial charge in [-0.1, -0.05) is 0 Å². The lowest BCUT2D eigenvalue weighted by Gasteiger charge is -2.14. The lowest BCUT2D eigenvalue weighted by Crippen LogP contribution is -2.22. The standard InChI is InChI=1S/C7H16O4/c1-10-6-7(2-3-8)11-5-4-9/h7-9H,2-6H2,1H3. The van der Waals surface area contributed by atoms with Crippen LogP contribution >= 0.6 is 0 Å². The Morgan fingerprint density at radius 1 is 1.27 bits per heavy atom. The van der Waals surface area contributed by atoms with Crippen LogP contribution in [0.2, 0.25) is 0 Å². The van der Waals surface area contributed by atoms with Gasteiger partial charge in [-0.25, -0.2) is 0 Å². The van der Waals surface area contributed by atoms with Crippen LogP contribution in [-0.2, 0) is 9.47 Å². The maximum Gasteiger partial charge on any atom is 0.0831 e. The monoisotopic (exact) mass is 164 g/mol. The minimum absolute atomic E-state index is 0.00560. The molecule has 1 atom stereocenters. The minimum Gasteiger partial charge on any atom is -0.396 e. The first-order valence-electron chi connectivity index (χ1n) is 3.67. The summed E-state index contributed by atoms with van der Waals surface area (Å²) in [5, 5.41) is 17.0. The molecule has 0 bridgehead atoms. The summed E-state index contributed by atoms with van der Waals surface area (Å²) >= 11 is 0. The Hall–Kier alpha value is -0.160. The van der Waals surface area contributed by atoms with Crippen LogP contribution in [0.4, 0.5) is 0 Å². The van der Waals surface area contributed by atoms with Gasteiger partial charge in [0.25, 0.3) is 0 Å². The lowest BCUT2D eigenvalue weighted by atomic mass is 10.3. The molecule has 4 heteroatoms. The predicted molar refractivity (Wildman–Crippen MR) is 40.4 cm³/mol. The van der Waals surface area contributed by atoms with E-state index in [2.05, 4.69) is 0 Å². The van der Waals surface area contributed by atoms with Crippen LogP contribution in [0.3, 0.4) is 0 Å². The quantitative estimate of drug-likeness (QED) is 0.527. The largest absolute Gasteiger partial charge is 0.396 e. The third-order valence-electron chi connectivity index (χ3n) is 1.25. The molecule has 0 aromatic heterocycles. The number of hydrogen-bond donors (Lipinski definition) is 2. The van der Waals surface area contributed by atoms with Gasteiger partial charge in [0.1, 0.15) is 0 Å².